The average Bonchev–Trinajstić information content (AvgIpc) is 2.52. The second kappa shape index (κ2) is 5.85. The zero-order valence-electron chi connectivity index (χ0n) is 11.9. The molecule has 4 nitrogen and oxygen atoms in total. The first kappa shape index (κ1) is 13.6. The van der Waals surface area contributed by atoms with Crippen LogP contribution in [0.15, 0.2) is 0 Å². The Morgan fingerprint density at radius 2 is 2.17 bits per heavy atom. The van der Waals surface area contributed by atoms with E-state index in [1.54, 1.807) is 0 Å². The van der Waals surface area contributed by atoms with Crippen LogP contribution in [0.2, 0.25) is 0 Å². The normalized spacial score (nSPS) is 17.8. The largest absolute Gasteiger partial charge is 0.272 e. The van der Waals surface area contributed by atoms with Crippen LogP contribution < -0.4 is 11.3 Å². The molecular formula is C14H26N4. The van der Waals surface area contributed by atoms with Gasteiger partial charge in [0.2, 0.25) is 0 Å². The molecule has 1 fully saturated rings. The lowest BCUT2D eigenvalue weighted by Crippen LogP contribution is -2.38. The number of aryl methyl sites for hydroxylation is 2. The van der Waals surface area contributed by atoms with E-state index in [-0.39, 0.29) is 0 Å². The number of hydrazine groups is 1. The summed E-state index contributed by atoms with van der Waals surface area (Å²) in [6, 6.07) is 0.453. The molecule has 18 heavy (non-hydrogen) atoms. The highest BCUT2D eigenvalue weighted by molar-refractivity contribution is 5.24. The van der Waals surface area contributed by atoms with Crippen molar-refractivity contribution in [2.24, 2.45) is 18.8 Å². The van der Waals surface area contributed by atoms with Gasteiger partial charge in [0.25, 0.3) is 0 Å². The topological polar surface area (TPSA) is 55.9 Å². The third-order valence-corrected chi connectivity index (χ3v) is 4.48. The van der Waals surface area contributed by atoms with Crippen LogP contribution in [0.3, 0.4) is 0 Å². The Bertz CT molecular complexity index is 393. The Labute approximate surface area is 110 Å². The third kappa shape index (κ3) is 2.93. The molecule has 1 atom stereocenters. The van der Waals surface area contributed by atoms with Gasteiger partial charge < -0.3 is 0 Å². The Hall–Kier alpha value is -0.870. The van der Waals surface area contributed by atoms with Crippen molar-refractivity contribution in [3.8, 4) is 0 Å². The van der Waals surface area contributed by atoms with Gasteiger partial charge in [-0.3, -0.25) is 16.0 Å². The van der Waals surface area contributed by atoms with Gasteiger partial charge in [-0.05, 0) is 44.6 Å². The van der Waals surface area contributed by atoms with Crippen LogP contribution in [0.1, 0.15) is 49.1 Å². The monoisotopic (exact) mass is 250 g/mol. The molecule has 1 aliphatic rings. The summed E-state index contributed by atoms with van der Waals surface area (Å²) in [5.74, 6) is 6.58. The summed E-state index contributed by atoms with van der Waals surface area (Å²) >= 11 is 0. The fourth-order valence-corrected chi connectivity index (χ4v) is 2.90. The number of nitrogens with one attached hydrogen (secondary N) is 1. The summed E-state index contributed by atoms with van der Waals surface area (Å²) in [4.78, 5) is 0. The minimum Gasteiger partial charge on any atom is -0.272 e. The lowest BCUT2D eigenvalue weighted by atomic mass is 9.80. The van der Waals surface area contributed by atoms with Crippen molar-refractivity contribution in [2.45, 2.75) is 58.4 Å². The van der Waals surface area contributed by atoms with Crippen LogP contribution in [0, 0.1) is 19.8 Å². The fraction of sp³-hybridized carbons (Fsp3) is 0.786. The molecule has 1 heterocycles. The summed E-state index contributed by atoms with van der Waals surface area (Å²) < 4.78 is 1.97. The number of hydrogen-bond acceptors (Lipinski definition) is 3. The minimum atomic E-state index is 0.453. The van der Waals surface area contributed by atoms with E-state index in [4.69, 9.17) is 5.84 Å². The Kier molecular flexibility index (Phi) is 4.40. The van der Waals surface area contributed by atoms with Crippen LogP contribution in [0.4, 0.5) is 0 Å². The molecule has 1 unspecified atom stereocenters. The van der Waals surface area contributed by atoms with E-state index in [2.05, 4.69) is 24.4 Å². The van der Waals surface area contributed by atoms with Gasteiger partial charge in [0.05, 0.1) is 5.69 Å². The van der Waals surface area contributed by atoms with Crippen molar-refractivity contribution < 1.29 is 0 Å². The molecule has 0 amide bonds. The highest BCUT2D eigenvalue weighted by Gasteiger charge is 2.22. The molecule has 1 aromatic heterocycles. The van der Waals surface area contributed by atoms with Crippen LogP contribution in [-0.2, 0) is 13.5 Å². The standard InChI is InChI=1S/C14H26N4/c1-10-14(11(2)18(3)17-10)8-7-13(16-15)9-12-5-4-6-12/h12-13,16H,4-9,15H2,1-3H3. The van der Waals surface area contributed by atoms with Gasteiger partial charge in [0.15, 0.2) is 0 Å². The van der Waals surface area contributed by atoms with Crippen LogP contribution in [0.5, 0.6) is 0 Å². The van der Waals surface area contributed by atoms with E-state index in [0.717, 1.165) is 24.5 Å². The number of nitrogens with zero attached hydrogens (tertiary/aromatic N) is 2. The Morgan fingerprint density at radius 3 is 2.61 bits per heavy atom. The van der Waals surface area contributed by atoms with E-state index in [0.29, 0.717) is 6.04 Å². The van der Waals surface area contributed by atoms with Crippen molar-refractivity contribution in [2.75, 3.05) is 0 Å². The first-order valence-corrected chi connectivity index (χ1v) is 7.07. The Balaban J connectivity index is 1.88. The van der Waals surface area contributed by atoms with Crippen molar-refractivity contribution in [1.82, 2.24) is 15.2 Å². The second-order valence-electron chi connectivity index (χ2n) is 5.71. The molecule has 102 valence electrons. The molecule has 0 aliphatic heterocycles. The summed E-state index contributed by atoms with van der Waals surface area (Å²) in [6.07, 6.45) is 7.61. The van der Waals surface area contributed by atoms with E-state index in [1.165, 1.54) is 36.9 Å². The van der Waals surface area contributed by atoms with E-state index < -0.39 is 0 Å². The molecule has 0 aromatic carbocycles. The Morgan fingerprint density at radius 1 is 1.44 bits per heavy atom. The number of rotatable bonds is 6. The SMILES string of the molecule is Cc1nn(C)c(C)c1CCC(CC1CCC1)NN. The molecule has 0 saturated heterocycles. The number of hydrogen-bond donors (Lipinski definition) is 2. The third-order valence-electron chi connectivity index (χ3n) is 4.48. The summed E-state index contributed by atoms with van der Waals surface area (Å²) in [5, 5.41) is 4.47. The zero-order chi connectivity index (χ0) is 13.1. The molecule has 0 radical (unpaired) electrons. The summed E-state index contributed by atoms with van der Waals surface area (Å²) in [7, 11) is 2.01. The molecule has 2 rings (SSSR count). The van der Waals surface area contributed by atoms with Gasteiger partial charge >= 0.3 is 0 Å². The molecule has 1 saturated carbocycles. The lowest BCUT2D eigenvalue weighted by molar-refractivity contribution is 0.255. The number of aromatic nitrogens is 2. The first-order chi connectivity index (χ1) is 8.61. The molecule has 0 spiro atoms. The molecular weight excluding hydrogens is 224 g/mol. The maximum absolute atomic E-state index is 5.67. The lowest BCUT2D eigenvalue weighted by Gasteiger charge is -2.29. The average molecular weight is 250 g/mol. The maximum atomic E-state index is 5.67. The highest BCUT2D eigenvalue weighted by Crippen LogP contribution is 2.31. The summed E-state index contributed by atoms with van der Waals surface area (Å²) in [6.45, 7) is 4.24. The molecule has 3 N–H and O–H groups in total. The van der Waals surface area contributed by atoms with Crippen molar-refractivity contribution in [3.63, 3.8) is 0 Å². The summed E-state index contributed by atoms with van der Waals surface area (Å²) in [5.41, 5.74) is 6.83. The first-order valence-electron chi connectivity index (χ1n) is 7.07. The van der Waals surface area contributed by atoms with Crippen LogP contribution in [0.25, 0.3) is 0 Å². The molecule has 0 bridgehead atoms. The van der Waals surface area contributed by atoms with Crippen molar-refractivity contribution in [1.29, 1.82) is 0 Å². The van der Waals surface area contributed by atoms with E-state index in [9.17, 15) is 0 Å². The zero-order valence-corrected chi connectivity index (χ0v) is 11.9. The highest BCUT2D eigenvalue weighted by atomic mass is 15.3. The predicted molar refractivity (Wildman–Crippen MR) is 74.1 cm³/mol. The quantitative estimate of drug-likeness (QED) is 0.599. The van der Waals surface area contributed by atoms with Gasteiger partial charge in [-0.2, -0.15) is 5.10 Å². The van der Waals surface area contributed by atoms with Gasteiger partial charge in [-0.15, -0.1) is 0 Å². The van der Waals surface area contributed by atoms with Gasteiger partial charge in [-0.1, -0.05) is 19.3 Å². The van der Waals surface area contributed by atoms with E-state index in [1.807, 2.05) is 11.7 Å². The van der Waals surface area contributed by atoms with Crippen LogP contribution >= 0.6 is 0 Å². The van der Waals surface area contributed by atoms with E-state index >= 15 is 0 Å². The van der Waals surface area contributed by atoms with Gasteiger partial charge in [0.1, 0.15) is 0 Å². The van der Waals surface area contributed by atoms with Gasteiger partial charge in [-0.25, -0.2) is 0 Å². The van der Waals surface area contributed by atoms with Crippen LogP contribution in [-0.4, -0.2) is 15.8 Å². The second-order valence-corrected chi connectivity index (χ2v) is 5.71. The maximum Gasteiger partial charge on any atom is 0.0628 e. The predicted octanol–water partition coefficient (Wildman–Crippen LogP) is 1.99. The number of nitrogens with two attached hydrogens (primary N) is 1. The molecule has 1 aliphatic carbocycles. The van der Waals surface area contributed by atoms with Crippen molar-refractivity contribution >= 4 is 0 Å². The van der Waals surface area contributed by atoms with Gasteiger partial charge in [0, 0.05) is 18.8 Å². The smallest absolute Gasteiger partial charge is 0.0628 e. The molecule has 4 heteroatoms. The van der Waals surface area contributed by atoms with Crippen molar-refractivity contribution in [3.05, 3.63) is 17.0 Å². The molecule has 1 aromatic rings. The minimum absolute atomic E-state index is 0.453. The fourth-order valence-electron chi connectivity index (χ4n) is 2.90.